The van der Waals surface area contributed by atoms with E-state index < -0.39 is 6.03 Å². The summed E-state index contributed by atoms with van der Waals surface area (Å²) in [6.07, 6.45) is 5.27. The lowest BCUT2D eigenvalue weighted by Gasteiger charge is -2.12. The van der Waals surface area contributed by atoms with Gasteiger partial charge in [0.05, 0.1) is 11.1 Å². The topological polar surface area (TPSA) is 81.1 Å². The molecule has 2 aromatic heterocycles. The van der Waals surface area contributed by atoms with E-state index in [-0.39, 0.29) is 6.04 Å². The minimum atomic E-state index is -0.414. The number of carbonyl (C=O) groups excluding carboxylic acids is 1. The number of rotatable bonds is 7. The minimum absolute atomic E-state index is 0.0489. The molecule has 0 aliphatic rings. The summed E-state index contributed by atoms with van der Waals surface area (Å²) in [4.78, 5) is 16.4. The summed E-state index contributed by atoms with van der Waals surface area (Å²) in [5.74, 6) is 0.975. The molecule has 4 aromatic rings. The highest BCUT2D eigenvalue weighted by Crippen LogP contribution is 2.28. The molecule has 0 radical (unpaired) electrons. The van der Waals surface area contributed by atoms with Crippen molar-refractivity contribution >= 4 is 29.1 Å². The fourth-order valence-corrected chi connectivity index (χ4v) is 3.36. The molecule has 0 saturated heterocycles. The van der Waals surface area contributed by atoms with E-state index in [0.29, 0.717) is 28.9 Å². The first kappa shape index (κ1) is 21.4. The van der Waals surface area contributed by atoms with Gasteiger partial charge in [-0.3, -0.25) is 15.0 Å². The first-order chi connectivity index (χ1) is 15.6. The van der Waals surface area contributed by atoms with Crippen LogP contribution < -0.4 is 15.4 Å². The van der Waals surface area contributed by atoms with Crippen LogP contribution in [0.2, 0.25) is 5.02 Å². The average Bonchev–Trinajstić information content (AvgIpc) is 3.27. The number of anilines is 2. The Morgan fingerprint density at radius 2 is 1.94 bits per heavy atom. The number of urea groups is 1. The molecule has 0 aliphatic carbocycles. The molecule has 32 heavy (non-hydrogen) atoms. The number of benzene rings is 2. The number of hydrogen-bond acceptors (Lipinski definition) is 4. The van der Waals surface area contributed by atoms with Gasteiger partial charge in [0, 0.05) is 35.9 Å². The van der Waals surface area contributed by atoms with Gasteiger partial charge < -0.3 is 10.1 Å². The summed E-state index contributed by atoms with van der Waals surface area (Å²) < 4.78 is 7.53. The van der Waals surface area contributed by atoms with Crippen LogP contribution in [0.25, 0.3) is 0 Å². The summed E-state index contributed by atoms with van der Waals surface area (Å²) >= 11 is 6.31. The predicted octanol–water partition coefficient (Wildman–Crippen LogP) is 5.76. The Morgan fingerprint density at radius 3 is 2.69 bits per heavy atom. The molecule has 0 bridgehead atoms. The third-order valence-electron chi connectivity index (χ3n) is 4.84. The Balaban J connectivity index is 1.33. The number of nitrogens with zero attached hydrogens (tertiary/aromatic N) is 3. The third kappa shape index (κ3) is 5.44. The second-order valence-electron chi connectivity index (χ2n) is 7.14. The fraction of sp³-hybridized carbons (Fsp3) is 0.125. The van der Waals surface area contributed by atoms with Crippen molar-refractivity contribution in [2.24, 2.45) is 0 Å². The maximum Gasteiger partial charge on any atom is 0.324 e. The monoisotopic (exact) mass is 447 g/mol. The standard InChI is InChI=1S/C24H22ClN5O2/c1-17(19-7-3-2-4-8-19)30-13-11-23(29-30)28-24(31)27-20-9-10-22(21(25)14-20)32-16-18-6-5-12-26-15-18/h2-15,17H,16H2,1H3,(H2,27,28,29,31). The van der Waals surface area contributed by atoms with E-state index in [1.807, 2.05) is 55.6 Å². The molecular weight excluding hydrogens is 426 g/mol. The lowest BCUT2D eigenvalue weighted by Crippen LogP contribution is -2.20. The van der Waals surface area contributed by atoms with Crippen LogP contribution in [0.1, 0.15) is 24.1 Å². The molecule has 0 fully saturated rings. The van der Waals surface area contributed by atoms with E-state index in [1.54, 1.807) is 41.3 Å². The van der Waals surface area contributed by atoms with Gasteiger partial charge in [-0.05, 0) is 36.8 Å². The molecule has 162 valence electrons. The number of pyridine rings is 1. The fourth-order valence-electron chi connectivity index (χ4n) is 3.12. The van der Waals surface area contributed by atoms with Crippen LogP contribution in [0.5, 0.6) is 5.75 Å². The van der Waals surface area contributed by atoms with Crippen LogP contribution in [-0.2, 0) is 6.61 Å². The number of hydrogen-bond donors (Lipinski definition) is 2. The molecule has 2 N–H and O–H groups in total. The Morgan fingerprint density at radius 1 is 1.09 bits per heavy atom. The average molecular weight is 448 g/mol. The van der Waals surface area contributed by atoms with Crippen molar-refractivity contribution in [3.8, 4) is 5.75 Å². The SMILES string of the molecule is CC(c1ccccc1)n1ccc(NC(=O)Nc2ccc(OCc3cccnc3)c(Cl)c2)n1. The van der Waals surface area contributed by atoms with E-state index in [1.165, 1.54) is 0 Å². The van der Waals surface area contributed by atoms with Crippen molar-refractivity contribution in [2.75, 3.05) is 10.6 Å². The highest BCUT2D eigenvalue weighted by molar-refractivity contribution is 6.32. The zero-order chi connectivity index (χ0) is 22.3. The highest BCUT2D eigenvalue weighted by Gasteiger charge is 2.11. The minimum Gasteiger partial charge on any atom is -0.487 e. The second-order valence-corrected chi connectivity index (χ2v) is 7.55. The van der Waals surface area contributed by atoms with Gasteiger partial charge in [-0.2, -0.15) is 5.10 Å². The number of aromatic nitrogens is 3. The van der Waals surface area contributed by atoms with Crippen LogP contribution in [-0.4, -0.2) is 20.8 Å². The first-order valence-corrected chi connectivity index (χ1v) is 10.5. The molecule has 2 heterocycles. The van der Waals surface area contributed by atoms with E-state index in [9.17, 15) is 4.79 Å². The van der Waals surface area contributed by atoms with Gasteiger partial charge in [-0.25, -0.2) is 4.79 Å². The van der Waals surface area contributed by atoms with Gasteiger partial charge in [0.25, 0.3) is 0 Å². The van der Waals surface area contributed by atoms with Gasteiger partial charge >= 0.3 is 6.03 Å². The summed E-state index contributed by atoms with van der Waals surface area (Å²) in [7, 11) is 0. The van der Waals surface area contributed by atoms with Gasteiger partial charge in [-0.1, -0.05) is 48.0 Å². The molecule has 4 rings (SSSR count). The Kier molecular flexibility index (Phi) is 6.67. The Hall–Kier alpha value is -3.84. The molecule has 8 heteroatoms. The van der Waals surface area contributed by atoms with Crippen molar-refractivity contribution < 1.29 is 9.53 Å². The summed E-state index contributed by atoms with van der Waals surface area (Å²) in [5.41, 5.74) is 2.61. The van der Waals surface area contributed by atoms with Gasteiger partial charge in [0.2, 0.25) is 0 Å². The van der Waals surface area contributed by atoms with Crippen molar-refractivity contribution in [2.45, 2.75) is 19.6 Å². The summed E-state index contributed by atoms with van der Waals surface area (Å²) in [5, 5.41) is 10.3. The van der Waals surface area contributed by atoms with E-state index in [2.05, 4.69) is 20.7 Å². The number of halogens is 1. The normalized spacial score (nSPS) is 11.6. The smallest absolute Gasteiger partial charge is 0.324 e. The van der Waals surface area contributed by atoms with Crippen LogP contribution in [0, 0.1) is 0 Å². The van der Waals surface area contributed by atoms with Crippen LogP contribution >= 0.6 is 11.6 Å². The largest absolute Gasteiger partial charge is 0.487 e. The Bertz CT molecular complexity index is 1180. The first-order valence-electron chi connectivity index (χ1n) is 10.1. The molecule has 1 unspecified atom stereocenters. The predicted molar refractivity (Wildman–Crippen MR) is 125 cm³/mol. The molecule has 7 nitrogen and oxygen atoms in total. The molecule has 2 aromatic carbocycles. The van der Waals surface area contributed by atoms with Crippen LogP contribution in [0.15, 0.2) is 85.3 Å². The van der Waals surface area contributed by atoms with Crippen molar-refractivity contribution in [1.82, 2.24) is 14.8 Å². The second kappa shape index (κ2) is 9.98. The van der Waals surface area contributed by atoms with Crippen molar-refractivity contribution in [3.63, 3.8) is 0 Å². The molecule has 1 atom stereocenters. The lowest BCUT2D eigenvalue weighted by atomic mass is 10.1. The van der Waals surface area contributed by atoms with Gasteiger partial charge in [0.15, 0.2) is 5.82 Å². The van der Waals surface area contributed by atoms with E-state index in [0.717, 1.165) is 11.1 Å². The molecular formula is C24H22ClN5O2. The van der Waals surface area contributed by atoms with Crippen LogP contribution in [0.4, 0.5) is 16.3 Å². The van der Waals surface area contributed by atoms with Crippen LogP contribution in [0.3, 0.4) is 0 Å². The maximum atomic E-state index is 12.4. The number of ether oxygens (including phenoxy) is 1. The summed E-state index contributed by atoms with van der Waals surface area (Å²) in [6, 6.07) is 20.3. The molecule has 0 aliphatic heterocycles. The maximum absolute atomic E-state index is 12.4. The molecule has 0 saturated carbocycles. The lowest BCUT2D eigenvalue weighted by molar-refractivity contribution is 0.262. The third-order valence-corrected chi connectivity index (χ3v) is 5.13. The summed E-state index contributed by atoms with van der Waals surface area (Å²) in [6.45, 7) is 2.40. The zero-order valence-electron chi connectivity index (χ0n) is 17.4. The van der Waals surface area contributed by atoms with Crippen molar-refractivity contribution in [1.29, 1.82) is 0 Å². The zero-order valence-corrected chi connectivity index (χ0v) is 18.2. The van der Waals surface area contributed by atoms with E-state index in [4.69, 9.17) is 16.3 Å². The Labute approximate surface area is 191 Å². The van der Waals surface area contributed by atoms with Gasteiger partial charge in [-0.15, -0.1) is 0 Å². The number of carbonyl (C=O) groups is 1. The highest BCUT2D eigenvalue weighted by atomic mass is 35.5. The quantitative estimate of drug-likeness (QED) is 0.377. The van der Waals surface area contributed by atoms with E-state index >= 15 is 0 Å². The number of nitrogens with one attached hydrogen (secondary N) is 2. The van der Waals surface area contributed by atoms with Crippen molar-refractivity contribution in [3.05, 3.63) is 101 Å². The molecule has 2 amide bonds. The van der Waals surface area contributed by atoms with Gasteiger partial charge in [0.1, 0.15) is 12.4 Å². The number of amides is 2. The molecule has 0 spiro atoms.